The molecule has 0 heterocycles. The molecule has 14 heavy (non-hydrogen) atoms. The first-order valence-corrected chi connectivity index (χ1v) is 4.74. The molecule has 0 aromatic heterocycles. The van der Waals surface area contributed by atoms with Crippen LogP contribution in [0, 0.1) is 0 Å². The molecular weight excluding hydrogens is 221 g/mol. The predicted octanol–water partition coefficient (Wildman–Crippen LogP) is 3.10. The Morgan fingerprint density at radius 1 is 1.36 bits per heavy atom. The highest BCUT2D eigenvalue weighted by Crippen LogP contribution is 2.22. The third kappa shape index (κ3) is 3.40. The van der Waals surface area contributed by atoms with Crippen LogP contribution < -0.4 is 5.32 Å². The zero-order valence-electron chi connectivity index (χ0n) is 7.55. The van der Waals surface area contributed by atoms with Gasteiger partial charge in [-0.2, -0.15) is 0 Å². The Morgan fingerprint density at radius 2 is 2.07 bits per heavy atom. The van der Waals surface area contributed by atoms with Crippen LogP contribution in [0.15, 0.2) is 24.4 Å². The lowest BCUT2D eigenvalue weighted by Crippen LogP contribution is -2.10. The monoisotopic (exact) mass is 229 g/mol. The third-order valence-corrected chi connectivity index (χ3v) is 2.25. The molecule has 0 spiro atoms. The van der Waals surface area contributed by atoms with E-state index >= 15 is 0 Å². The second-order valence-corrected chi connectivity index (χ2v) is 3.52. The average molecular weight is 230 g/mol. The van der Waals surface area contributed by atoms with E-state index in [1.165, 1.54) is 6.92 Å². The van der Waals surface area contributed by atoms with Gasteiger partial charge in [-0.05, 0) is 23.8 Å². The van der Waals surface area contributed by atoms with E-state index in [1.54, 1.807) is 24.4 Å². The van der Waals surface area contributed by atoms with E-state index in [0.717, 1.165) is 5.56 Å². The normalized spacial score (nSPS) is 10.5. The Morgan fingerprint density at radius 3 is 2.64 bits per heavy atom. The van der Waals surface area contributed by atoms with E-state index in [2.05, 4.69) is 5.32 Å². The summed E-state index contributed by atoms with van der Waals surface area (Å²) in [6, 6.07) is 5.24. The summed E-state index contributed by atoms with van der Waals surface area (Å²) in [5.74, 6) is -0.110. The van der Waals surface area contributed by atoms with Crippen LogP contribution in [-0.4, -0.2) is 5.91 Å². The van der Waals surface area contributed by atoms with E-state index in [0.29, 0.717) is 10.0 Å². The van der Waals surface area contributed by atoms with Crippen molar-refractivity contribution in [2.75, 3.05) is 0 Å². The van der Waals surface area contributed by atoms with Crippen molar-refractivity contribution in [2.45, 2.75) is 6.92 Å². The van der Waals surface area contributed by atoms with Crippen LogP contribution in [0.25, 0.3) is 6.08 Å². The number of carbonyl (C=O) groups is 1. The maximum Gasteiger partial charge on any atom is 0.220 e. The quantitative estimate of drug-likeness (QED) is 0.830. The number of hydrogen-bond acceptors (Lipinski definition) is 1. The van der Waals surface area contributed by atoms with Gasteiger partial charge in [-0.15, -0.1) is 0 Å². The molecule has 1 aromatic rings. The number of hydrogen-bond donors (Lipinski definition) is 1. The van der Waals surface area contributed by atoms with Crippen molar-refractivity contribution in [3.05, 3.63) is 40.0 Å². The molecule has 0 saturated heterocycles. The highest BCUT2D eigenvalue weighted by atomic mass is 35.5. The second-order valence-electron chi connectivity index (χ2n) is 2.71. The number of carbonyl (C=O) groups excluding carboxylic acids is 1. The van der Waals surface area contributed by atoms with Gasteiger partial charge < -0.3 is 5.32 Å². The second kappa shape index (κ2) is 5.03. The first-order chi connectivity index (χ1) is 6.59. The van der Waals surface area contributed by atoms with E-state index < -0.39 is 0 Å². The fraction of sp³-hybridized carbons (Fsp3) is 0.100. The minimum Gasteiger partial charge on any atom is -0.333 e. The number of amides is 1. The van der Waals surface area contributed by atoms with Crippen molar-refractivity contribution in [3.63, 3.8) is 0 Å². The van der Waals surface area contributed by atoms with Crippen LogP contribution in [0.4, 0.5) is 0 Å². The first kappa shape index (κ1) is 11.1. The lowest BCUT2D eigenvalue weighted by Gasteiger charge is -1.97. The van der Waals surface area contributed by atoms with Crippen LogP contribution in [0.2, 0.25) is 10.0 Å². The van der Waals surface area contributed by atoms with Gasteiger partial charge in [0, 0.05) is 13.1 Å². The maximum absolute atomic E-state index is 10.5. The van der Waals surface area contributed by atoms with Crippen molar-refractivity contribution >= 4 is 35.2 Å². The zero-order valence-corrected chi connectivity index (χ0v) is 9.06. The first-order valence-electron chi connectivity index (χ1n) is 3.98. The van der Waals surface area contributed by atoms with Crippen LogP contribution in [0.5, 0.6) is 0 Å². The van der Waals surface area contributed by atoms with E-state index in [9.17, 15) is 4.79 Å². The van der Waals surface area contributed by atoms with Gasteiger partial charge in [-0.1, -0.05) is 29.3 Å². The summed E-state index contributed by atoms with van der Waals surface area (Å²) in [6.07, 6.45) is 3.30. The molecule has 0 fully saturated rings. The molecule has 1 rings (SSSR count). The standard InChI is InChI=1S/C10H9Cl2NO/c1-7(14)13-5-4-8-2-3-9(11)10(12)6-8/h2-6H,1H3,(H,13,14). The summed E-state index contributed by atoms with van der Waals surface area (Å²) < 4.78 is 0. The van der Waals surface area contributed by atoms with Crippen LogP contribution in [-0.2, 0) is 4.79 Å². The van der Waals surface area contributed by atoms with Crippen LogP contribution >= 0.6 is 23.2 Å². The smallest absolute Gasteiger partial charge is 0.220 e. The van der Waals surface area contributed by atoms with Crippen molar-refractivity contribution in [2.24, 2.45) is 0 Å². The molecule has 74 valence electrons. The van der Waals surface area contributed by atoms with E-state index in [1.807, 2.05) is 6.07 Å². The molecular formula is C10H9Cl2NO. The molecule has 0 aliphatic heterocycles. The Bertz CT molecular complexity index is 374. The SMILES string of the molecule is CC(=O)NC=Cc1ccc(Cl)c(Cl)c1. The molecule has 0 unspecified atom stereocenters. The molecule has 2 nitrogen and oxygen atoms in total. The fourth-order valence-corrected chi connectivity index (χ4v) is 1.18. The third-order valence-electron chi connectivity index (χ3n) is 1.51. The number of benzene rings is 1. The summed E-state index contributed by atoms with van der Waals surface area (Å²) in [5, 5.41) is 3.55. The minimum absolute atomic E-state index is 0.110. The van der Waals surface area contributed by atoms with Gasteiger partial charge in [0.05, 0.1) is 10.0 Å². The topological polar surface area (TPSA) is 29.1 Å². The zero-order chi connectivity index (χ0) is 10.6. The average Bonchev–Trinajstić information content (AvgIpc) is 2.10. The van der Waals surface area contributed by atoms with E-state index in [-0.39, 0.29) is 5.91 Å². The lowest BCUT2D eigenvalue weighted by molar-refractivity contribution is -0.118. The molecule has 0 aliphatic carbocycles. The number of rotatable bonds is 2. The minimum atomic E-state index is -0.110. The van der Waals surface area contributed by atoms with Gasteiger partial charge in [0.1, 0.15) is 0 Å². The van der Waals surface area contributed by atoms with Crippen LogP contribution in [0.3, 0.4) is 0 Å². The Kier molecular flexibility index (Phi) is 3.98. The summed E-state index contributed by atoms with van der Waals surface area (Å²) in [6.45, 7) is 1.44. The molecule has 4 heteroatoms. The molecule has 0 bridgehead atoms. The molecule has 1 N–H and O–H groups in total. The summed E-state index contributed by atoms with van der Waals surface area (Å²) in [5.41, 5.74) is 0.883. The largest absolute Gasteiger partial charge is 0.333 e. The van der Waals surface area contributed by atoms with Gasteiger partial charge in [-0.25, -0.2) is 0 Å². The number of halogens is 2. The summed E-state index contributed by atoms with van der Waals surface area (Å²) in [7, 11) is 0. The summed E-state index contributed by atoms with van der Waals surface area (Å²) >= 11 is 11.5. The highest BCUT2D eigenvalue weighted by Gasteiger charge is 1.96. The summed E-state index contributed by atoms with van der Waals surface area (Å²) in [4.78, 5) is 10.5. The maximum atomic E-state index is 10.5. The predicted molar refractivity (Wildman–Crippen MR) is 59.3 cm³/mol. The molecule has 0 saturated carbocycles. The van der Waals surface area contributed by atoms with Crippen molar-refractivity contribution in [1.29, 1.82) is 0 Å². The van der Waals surface area contributed by atoms with Gasteiger partial charge >= 0.3 is 0 Å². The molecule has 1 amide bonds. The van der Waals surface area contributed by atoms with Crippen molar-refractivity contribution < 1.29 is 4.79 Å². The van der Waals surface area contributed by atoms with Gasteiger partial charge in [0.2, 0.25) is 5.91 Å². The van der Waals surface area contributed by atoms with Crippen LogP contribution in [0.1, 0.15) is 12.5 Å². The molecule has 0 aliphatic rings. The molecule has 1 aromatic carbocycles. The number of nitrogens with one attached hydrogen (secondary N) is 1. The molecule has 0 radical (unpaired) electrons. The Labute approximate surface area is 92.5 Å². The van der Waals surface area contributed by atoms with Crippen molar-refractivity contribution in [1.82, 2.24) is 5.32 Å². The fourth-order valence-electron chi connectivity index (χ4n) is 0.871. The van der Waals surface area contributed by atoms with Gasteiger partial charge in [-0.3, -0.25) is 4.79 Å². The van der Waals surface area contributed by atoms with E-state index in [4.69, 9.17) is 23.2 Å². The highest BCUT2D eigenvalue weighted by molar-refractivity contribution is 6.42. The Hall–Kier alpha value is -0.990. The van der Waals surface area contributed by atoms with Gasteiger partial charge in [0.15, 0.2) is 0 Å². The van der Waals surface area contributed by atoms with Crippen molar-refractivity contribution in [3.8, 4) is 0 Å². The van der Waals surface area contributed by atoms with Gasteiger partial charge in [0.25, 0.3) is 0 Å². The Balaban J connectivity index is 2.73. The molecule has 0 atom stereocenters. The lowest BCUT2D eigenvalue weighted by atomic mass is 10.2.